The summed E-state index contributed by atoms with van der Waals surface area (Å²) in [6.45, 7) is 9.36. The van der Waals surface area contributed by atoms with E-state index in [4.69, 9.17) is 0 Å². The van der Waals surface area contributed by atoms with Gasteiger partial charge in [0.1, 0.15) is 0 Å². The molecule has 0 heteroatoms. The second kappa shape index (κ2) is 12.0. The van der Waals surface area contributed by atoms with Crippen LogP contribution >= 0.6 is 0 Å². The minimum absolute atomic E-state index is 0.866. The van der Waals surface area contributed by atoms with E-state index >= 15 is 0 Å². The molecule has 26 heavy (non-hydrogen) atoms. The van der Waals surface area contributed by atoms with Crippen molar-refractivity contribution in [3.63, 3.8) is 0 Å². The Kier molecular flexibility index (Phi) is 10.1. The molecule has 0 aliphatic heterocycles. The molecule has 4 atom stereocenters. The molecule has 0 amide bonds. The van der Waals surface area contributed by atoms with Crippen LogP contribution < -0.4 is 0 Å². The van der Waals surface area contributed by atoms with Crippen molar-refractivity contribution in [2.75, 3.05) is 0 Å². The summed E-state index contributed by atoms with van der Waals surface area (Å²) < 4.78 is 0. The van der Waals surface area contributed by atoms with Crippen LogP contribution in [0.4, 0.5) is 0 Å². The fraction of sp³-hybridized carbons (Fsp3) is 0.846. The molecule has 4 unspecified atom stereocenters. The second-order valence-corrected chi connectivity index (χ2v) is 9.27. The van der Waals surface area contributed by atoms with Crippen molar-refractivity contribution in [3.8, 4) is 0 Å². The number of fused-ring (bicyclic) bond motifs is 1. The van der Waals surface area contributed by atoms with Crippen LogP contribution in [0.1, 0.15) is 118 Å². The van der Waals surface area contributed by atoms with Gasteiger partial charge in [-0.3, -0.25) is 0 Å². The molecular formula is C26H46. The van der Waals surface area contributed by atoms with E-state index in [2.05, 4.69) is 39.8 Å². The largest absolute Gasteiger partial charge is 0.0856 e. The molecule has 0 N–H and O–H groups in total. The minimum atomic E-state index is 0.866. The van der Waals surface area contributed by atoms with E-state index in [0.717, 1.165) is 23.7 Å². The molecule has 0 nitrogen and oxygen atoms in total. The summed E-state index contributed by atoms with van der Waals surface area (Å²) in [6.07, 6.45) is 24.9. The maximum Gasteiger partial charge on any atom is -0.0194 e. The van der Waals surface area contributed by atoms with Crippen molar-refractivity contribution in [2.24, 2.45) is 23.7 Å². The third kappa shape index (κ3) is 6.58. The Morgan fingerprint density at radius 2 is 1.73 bits per heavy atom. The van der Waals surface area contributed by atoms with Crippen molar-refractivity contribution in [2.45, 2.75) is 118 Å². The van der Waals surface area contributed by atoms with Gasteiger partial charge >= 0.3 is 0 Å². The van der Waals surface area contributed by atoms with Gasteiger partial charge in [0, 0.05) is 0 Å². The molecule has 2 aliphatic rings. The lowest BCUT2D eigenvalue weighted by Gasteiger charge is -2.26. The van der Waals surface area contributed by atoms with Crippen LogP contribution in [0.25, 0.3) is 0 Å². The molecule has 0 spiro atoms. The van der Waals surface area contributed by atoms with Crippen LogP contribution in [0.15, 0.2) is 23.3 Å². The van der Waals surface area contributed by atoms with Gasteiger partial charge in [-0.25, -0.2) is 0 Å². The molecule has 2 aliphatic carbocycles. The Morgan fingerprint density at radius 1 is 0.923 bits per heavy atom. The van der Waals surface area contributed by atoms with Gasteiger partial charge in [-0.15, -0.1) is 0 Å². The highest BCUT2D eigenvalue weighted by atomic mass is 14.4. The highest BCUT2D eigenvalue weighted by molar-refractivity contribution is 5.16. The Bertz CT molecular complexity index is 441. The molecular weight excluding hydrogens is 312 g/mol. The van der Waals surface area contributed by atoms with E-state index in [1.807, 2.05) is 0 Å². The van der Waals surface area contributed by atoms with E-state index in [1.165, 1.54) is 89.9 Å². The highest BCUT2D eigenvalue weighted by Gasteiger charge is 2.38. The van der Waals surface area contributed by atoms with E-state index < -0.39 is 0 Å². The van der Waals surface area contributed by atoms with Crippen molar-refractivity contribution < 1.29 is 0 Å². The number of rotatable bonds is 10. The molecule has 150 valence electrons. The number of unbranched alkanes of at least 4 members (excludes halogenated alkanes) is 2. The lowest BCUT2D eigenvalue weighted by Crippen LogP contribution is -2.17. The minimum Gasteiger partial charge on any atom is -0.0856 e. The van der Waals surface area contributed by atoms with Crippen LogP contribution in [0.3, 0.4) is 0 Å². The predicted molar refractivity (Wildman–Crippen MR) is 117 cm³/mol. The SMILES string of the molecule is CC/C=C1/CC2CCC(CCCC)CC(/C=C(\CCC)CCCC)C2C1. The van der Waals surface area contributed by atoms with Crippen molar-refractivity contribution in [3.05, 3.63) is 23.3 Å². The summed E-state index contributed by atoms with van der Waals surface area (Å²) in [7, 11) is 0. The fourth-order valence-electron chi connectivity index (χ4n) is 5.71. The van der Waals surface area contributed by atoms with E-state index in [0.29, 0.717) is 0 Å². The normalized spacial score (nSPS) is 31.2. The Balaban J connectivity index is 2.17. The van der Waals surface area contributed by atoms with E-state index in [-0.39, 0.29) is 0 Å². The monoisotopic (exact) mass is 358 g/mol. The summed E-state index contributed by atoms with van der Waals surface area (Å²) in [6, 6.07) is 0. The first-order valence-electron chi connectivity index (χ1n) is 12.1. The van der Waals surface area contributed by atoms with Crippen LogP contribution in [0.2, 0.25) is 0 Å². The zero-order valence-electron chi connectivity index (χ0n) is 18.4. The maximum absolute atomic E-state index is 2.82. The van der Waals surface area contributed by atoms with Crippen molar-refractivity contribution in [1.82, 2.24) is 0 Å². The van der Waals surface area contributed by atoms with Crippen LogP contribution in [-0.2, 0) is 0 Å². The summed E-state index contributed by atoms with van der Waals surface area (Å²) >= 11 is 0. The average molecular weight is 359 g/mol. The Morgan fingerprint density at radius 3 is 2.42 bits per heavy atom. The number of hydrogen-bond acceptors (Lipinski definition) is 0. The average Bonchev–Trinajstić information content (AvgIpc) is 2.97. The predicted octanol–water partition coefficient (Wildman–Crippen LogP) is 8.87. The van der Waals surface area contributed by atoms with Gasteiger partial charge in [0.2, 0.25) is 0 Å². The summed E-state index contributed by atoms with van der Waals surface area (Å²) in [5.41, 5.74) is 3.58. The Labute approximate surface area is 164 Å². The second-order valence-electron chi connectivity index (χ2n) is 9.27. The molecule has 0 heterocycles. The molecule has 2 rings (SSSR count). The zero-order chi connectivity index (χ0) is 18.8. The lowest BCUT2D eigenvalue weighted by molar-refractivity contribution is 0.297. The van der Waals surface area contributed by atoms with Gasteiger partial charge in [-0.05, 0) is 75.0 Å². The molecule has 0 aromatic rings. The van der Waals surface area contributed by atoms with Gasteiger partial charge in [0.05, 0.1) is 0 Å². The molecule has 0 bridgehead atoms. The van der Waals surface area contributed by atoms with Gasteiger partial charge in [0.15, 0.2) is 0 Å². The summed E-state index contributed by atoms with van der Waals surface area (Å²) in [5.74, 6) is 3.79. The van der Waals surface area contributed by atoms with Crippen LogP contribution in [-0.4, -0.2) is 0 Å². The standard InChI is InChI=1S/C26H46/c1-5-9-13-21(11-7-3)17-25-18-22(14-10-6-2)15-16-24-19-23(12-8-4)20-26(24)25/h12,17,22,24-26H,5-11,13-16,18-20H2,1-4H3/b21-17+,23-12-. The maximum atomic E-state index is 2.82. The van der Waals surface area contributed by atoms with Gasteiger partial charge in [-0.1, -0.05) is 89.5 Å². The third-order valence-electron chi connectivity index (χ3n) is 7.06. The molecule has 0 aromatic heterocycles. The topological polar surface area (TPSA) is 0 Å². The first-order chi connectivity index (χ1) is 12.7. The molecule has 0 aromatic carbocycles. The van der Waals surface area contributed by atoms with Crippen molar-refractivity contribution >= 4 is 0 Å². The lowest BCUT2D eigenvalue weighted by atomic mass is 9.79. The molecule has 0 radical (unpaired) electrons. The van der Waals surface area contributed by atoms with Crippen LogP contribution in [0, 0.1) is 23.7 Å². The van der Waals surface area contributed by atoms with E-state index in [1.54, 1.807) is 11.1 Å². The van der Waals surface area contributed by atoms with Crippen LogP contribution in [0.5, 0.6) is 0 Å². The van der Waals surface area contributed by atoms with Crippen molar-refractivity contribution in [1.29, 1.82) is 0 Å². The first-order valence-corrected chi connectivity index (χ1v) is 12.1. The number of hydrogen-bond donors (Lipinski definition) is 0. The molecule has 2 saturated carbocycles. The highest BCUT2D eigenvalue weighted by Crippen LogP contribution is 2.49. The zero-order valence-corrected chi connectivity index (χ0v) is 18.4. The van der Waals surface area contributed by atoms with Gasteiger partial charge in [0.25, 0.3) is 0 Å². The summed E-state index contributed by atoms with van der Waals surface area (Å²) in [4.78, 5) is 0. The Hall–Kier alpha value is -0.520. The first kappa shape index (κ1) is 21.8. The molecule has 2 fully saturated rings. The summed E-state index contributed by atoms with van der Waals surface area (Å²) in [5, 5.41) is 0. The third-order valence-corrected chi connectivity index (χ3v) is 7.06. The smallest absolute Gasteiger partial charge is 0.0194 e. The quantitative estimate of drug-likeness (QED) is 0.342. The van der Waals surface area contributed by atoms with E-state index in [9.17, 15) is 0 Å². The molecule has 0 saturated heterocycles. The number of allylic oxidation sites excluding steroid dienone is 4. The fourth-order valence-corrected chi connectivity index (χ4v) is 5.71. The van der Waals surface area contributed by atoms with Gasteiger partial charge < -0.3 is 0 Å². The van der Waals surface area contributed by atoms with Gasteiger partial charge in [-0.2, -0.15) is 0 Å².